The van der Waals surface area contributed by atoms with Crippen LogP contribution in [0.5, 0.6) is 17.4 Å². The molecule has 0 bridgehead atoms. The van der Waals surface area contributed by atoms with Crippen LogP contribution in [0.2, 0.25) is 10.0 Å². The van der Waals surface area contributed by atoms with Crippen molar-refractivity contribution in [3.05, 3.63) is 63.3 Å². The lowest BCUT2D eigenvalue weighted by Gasteiger charge is -2.26. The van der Waals surface area contributed by atoms with Crippen LogP contribution in [0.4, 0.5) is 16.0 Å². The highest BCUT2D eigenvalue weighted by atomic mass is 35.5. The van der Waals surface area contributed by atoms with Gasteiger partial charge in [0.05, 0.1) is 46.9 Å². The van der Waals surface area contributed by atoms with Gasteiger partial charge in [-0.1, -0.05) is 35.3 Å². The van der Waals surface area contributed by atoms with Gasteiger partial charge < -0.3 is 25.0 Å². The van der Waals surface area contributed by atoms with Gasteiger partial charge in [0.1, 0.15) is 16.5 Å². The van der Waals surface area contributed by atoms with Crippen LogP contribution in [0, 0.1) is 0 Å². The van der Waals surface area contributed by atoms with E-state index in [1.165, 1.54) is 25.4 Å². The van der Waals surface area contributed by atoms with E-state index >= 15 is 0 Å². The molecule has 13 heteroatoms. The minimum absolute atomic E-state index is 0.0199. The highest BCUT2D eigenvalue weighted by Crippen LogP contribution is 2.37. The van der Waals surface area contributed by atoms with E-state index in [-0.39, 0.29) is 57.4 Å². The van der Waals surface area contributed by atoms with Crippen LogP contribution in [0.15, 0.2) is 41.5 Å². The summed E-state index contributed by atoms with van der Waals surface area (Å²) in [5, 5.41) is 6.03. The summed E-state index contributed by atoms with van der Waals surface area (Å²) >= 11 is 12.7. The molecule has 0 spiro atoms. The molecule has 40 heavy (non-hydrogen) atoms. The van der Waals surface area contributed by atoms with E-state index in [1.54, 1.807) is 12.1 Å². The van der Waals surface area contributed by atoms with Gasteiger partial charge in [-0.2, -0.15) is 4.98 Å². The maximum Gasteiger partial charge on any atom is 0.278 e. The van der Waals surface area contributed by atoms with Crippen LogP contribution in [0.25, 0.3) is 0 Å². The molecule has 1 aromatic heterocycles. The molecule has 5 rings (SSSR count). The zero-order valence-electron chi connectivity index (χ0n) is 21.8. The Bertz CT molecular complexity index is 1540. The summed E-state index contributed by atoms with van der Waals surface area (Å²) in [6.45, 7) is 2.67. The van der Waals surface area contributed by atoms with Crippen molar-refractivity contribution in [3.63, 3.8) is 0 Å². The van der Waals surface area contributed by atoms with Crippen molar-refractivity contribution in [1.29, 1.82) is 0 Å². The summed E-state index contributed by atoms with van der Waals surface area (Å²) in [5.41, 5.74) is 1.83. The number of nitrogens with one attached hydrogen (secondary N) is 2. The van der Waals surface area contributed by atoms with Crippen LogP contribution in [-0.4, -0.2) is 65.8 Å². The molecular formula is C27H25Cl2FN6O4. The normalized spacial score (nSPS) is 19.8. The Labute approximate surface area is 239 Å². The molecule has 2 atom stereocenters. The van der Waals surface area contributed by atoms with Gasteiger partial charge in [0.25, 0.3) is 11.8 Å². The van der Waals surface area contributed by atoms with Gasteiger partial charge in [0, 0.05) is 19.5 Å². The Kier molecular flexibility index (Phi) is 7.88. The highest BCUT2D eigenvalue weighted by molar-refractivity contribution is 6.34. The largest absolute Gasteiger partial charge is 0.495 e. The Morgan fingerprint density at radius 3 is 2.80 bits per heavy atom. The lowest BCUT2D eigenvalue weighted by molar-refractivity contribution is 0.0955. The summed E-state index contributed by atoms with van der Waals surface area (Å²) in [6.07, 6.45) is 0.373. The number of fused-ring (bicyclic) bond motifs is 1. The van der Waals surface area contributed by atoms with Crippen LogP contribution in [-0.2, 0) is 0 Å². The maximum absolute atomic E-state index is 14.4. The fourth-order valence-corrected chi connectivity index (χ4v) is 4.90. The predicted octanol–water partition coefficient (Wildman–Crippen LogP) is 5.39. The zero-order chi connectivity index (χ0) is 28.6. The Balaban J connectivity index is 1.39. The molecular weight excluding hydrogens is 562 g/mol. The first kappa shape index (κ1) is 27.8. The van der Waals surface area contributed by atoms with Gasteiger partial charge in [-0.05, 0) is 37.7 Å². The van der Waals surface area contributed by atoms with E-state index in [9.17, 15) is 14.0 Å². The smallest absolute Gasteiger partial charge is 0.278 e. The second-order valence-electron chi connectivity index (χ2n) is 9.41. The number of aliphatic imine (C=N–C) groups is 1. The minimum Gasteiger partial charge on any atom is -0.495 e. The Hall–Kier alpha value is -3.80. The average Bonchev–Trinajstić information content (AvgIpc) is 3.21. The fraction of sp³-hybridized carbons (Fsp3) is 0.296. The number of ether oxygens (including phenoxy) is 2. The molecule has 0 aliphatic carbocycles. The average molecular weight is 587 g/mol. The van der Waals surface area contributed by atoms with Crippen LogP contribution in [0.1, 0.15) is 45.7 Å². The number of halogens is 3. The first-order valence-corrected chi connectivity index (χ1v) is 13.1. The number of hydrogen-bond donors (Lipinski definition) is 2. The predicted molar refractivity (Wildman–Crippen MR) is 150 cm³/mol. The van der Waals surface area contributed by atoms with Crippen LogP contribution in [0.3, 0.4) is 0 Å². The van der Waals surface area contributed by atoms with Crippen molar-refractivity contribution >= 4 is 52.4 Å². The number of carbonyl (C=O) groups excluding carboxylic acids is 2. The fourth-order valence-electron chi connectivity index (χ4n) is 4.52. The number of carbonyl (C=O) groups is 2. The first-order valence-electron chi connectivity index (χ1n) is 12.4. The summed E-state index contributed by atoms with van der Waals surface area (Å²) in [6, 6.07) is 8.01. The molecule has 3 aromatic rings. The third-order valence-corrected chi connectivity index (χ3v) is 7.18. The van der Waals surface area contributed by atoms with Crippen molar-refractivity contribution < 1.29 is 23.5 Å². The van der Waals surface area contributed by atoms with Crippen molar-refractivity contribution in [3.8, 4) is 17.4 Å². The lowest BCUT2D eigenvalue weighted by Crippen LogP contribution is -2.40. The topological polar surface area (TPSA) is 118 Å². The number of piperidine rings is 1. The number of anilines is 2. The lowest BCUT2D eigenvalue weighted by atomic mass is 10.1. The number of benzene rings is 2. The molecule has 2 aliphatic heterocycles. The molecule has 0 radical (unpaired) electrons. The van der Waals surface area contributed by atoms with Gasteiger partial charge in [0.2, 0.25) is 11.8 Å². The zero-order valence-corrected chi connectivity index (χ0v) is 23.3. The van der Waals surface area contributed by atoms with Gasteiger partial charge in [-0.25, -0.2) is 14.4 Å². The third-order valence-electron chi connectivity index (χ3n) is 6.61. The van der Waals surface area contributed by atoms with Crippen molar-refractivity contribution in [2.45, 2.75) is 25.6 Å². The van der Waals surface area contributed by atoms with Crippen molar-refractivity contribution in [2.24, 2.45) is 4.99 Å². The molecule has 3 heterocycles. The monoisotopic (exact) mass is 586 g/mol. The summed E-state index contributed by atoms with van der Waals surface area (Å²) in [4.78, 5) is 39.7. The molecule has 10 nitrogen and oxygen atoms in total. The molecule has 2 aliphatic rings. The highest BCUT2D eigenvalue weighted by Gasteiger charge is 2.29. The number of amides is 2. The molecule has 2 aromatic carbocycles. The molecule has 208 valence electrons. The van der Waals surface area contributed by atoms with Gasteiger partial charge >= 0.3 is 0 Å². The van der Waals surface area contributed by atoms with E-state index in [0.29, 0.717) is 30.0 Å². The molecule has 0 saturated carbocycles. The van der Waals surface area contributed by atoms with E-state index in [2.05, 4.69) is 25.6 Å². The Morgan fingerprint density at radius 2 is 2.05 bits per heavy atom. The van der Waals surface area contributed by atoms with Crippen molar-refractivity contribution in [2.75, 3.05) is 32.6 Å². The van der Waals surface area contributed by atoms with Crippen LogP contribution < -0.4 is 20.1 Å². The van der Waals surface area contributed by atoms with E-state index in [4.69, 9.17) is 32.7 Å². The second kappa shape index (κ2) is 11.4. The number of aromatic nitrogens is 2. The second-order valence-corrected chi connectivity index (χ2v) is 10.2. The standard InChI is InChI=1S/C27H25Cl2FN6O4/c1-13-14-5-4-6-21(23(14)25(38)32-13)40-26-17(29)11-31-27(35-26)34-20-10-16(28)15(9-22(20)39-3)24(37)33-19-7-8-36(2)12-18(19)30/h4-6,9-11,13,18H,7-8,12H2,1-3H3,(H,32,38)(H,31,34,35)/b33-19+/t13-,18-/m1/s1. The molecule has 2 amide bonds. The molecule has 0 unspecified atom stereocenters. The number of rotatable bonds is 6. The summed E-state index contributed by atoms with van der Waals surface area (Å²) in [5.74, 6) is -0.253. The SMILES string of the molecule is COc1cc(C(=O)/N=C2\CCN(C)C[C@H]2F)c(Cl)cc1Nc1ncc(Cl)c(Oc2cccc3c2C(=O)N[C@@H]3C)n1. The summed E-state index contributed by atoms with van der Waals surface area (Å²) in [7, 11) is 3.23. The minimum atomic E-state index is -1.32. The van der Waals surface area contributed by atoms with Crippen LogP contribution >= 0.6 is 23.2 Å². The molecule has 1 saturated heterocycles. The van der Waals surface area contributed by atoms with Crippen molar-refractivity contribution in [1.82, 2.24) is 20.2 Å². The number of nitrogens with zero attached hydrogens (tertiary/aromatic N) is 4. The van der Waals surface area contributed by atoms with E-state index in [1.807, 2.05) is 24.9 Å². The maximum atomic E-state index is 14.4. The van der Waals surface area contributed by atoms with Gasteiger partial charge in [-0.3, -0.25) is 9.59 Å². The summed E-state index contributed by atoms with van der Waals surface area (Å²) < 4.78 is 25.8. The number of hydrogen-bond acceptors (Lipinski definition) is 8. The quantitative estimate of drug-likeness (QED) is 0.395. The van der Waals surface area contributed by atoms with Gasteiger partial charge in [-0.15, -0.1) is 0 Å². The number of alkyl halides is 1. The van der Waals surface area contributed by atoms with E-state index in [0.717, 1.165) is 5.56 Å². The number of methoxy groups -OCH3 is 1. The van der Waals surface area contributed by atoms with E-state index < -0.39 is 12.1 Å². The molecule has 2 N–H and O–H groups in total. The Morgan fingerprint density at radius 1 is 1.25 bits per heavy atom. The van der Waals surface area contributed by atoms with Gasteiger partial charge in [0.15, 0.2) is 6.17 Å². The third kappa shape index (κ3) is 5.58. The first-order chi connectivity index (χ1) is 19.1. The molecule has 1 fully saturated rings. The number of likely N-dealkylation sites (tertiary alicyclic amines) is 1.